The summed E-state index contributed by atoms with van der Waals surface area (Å²) in [7, 11) is 0. The maximum Gasteiger partial charge on any atom is 0.126 e. The first-order chi connectivity index (χ1) is 5.70. The van der Waals surface area contributed by atoms with E-state index in [2.05, 4.69) is 4.99 Å². The first kappa shape index (κ1) is 7.43. The van der Waals surface area contributed by atoms with Crippen molar-refractivity contribution in [2.75, 3.05) is 5.73 Å². The van der Waals surface area contributed by atoms with Gasteiger partial charge in [-0.15, -0.1) is 0 Å². The quantitative estimate of drug-likeness (QED) is 0.590. The van der Waals surface area contributed by atoms with E-state index in [-0.39, 0.29) is 0 Å². The van der Waals surface area contributed by atoms with E-state index < -0.39 is 0 Å². The van der Waals surface area contributed by atoms with Crippen molar-refractivity contribution in [3.63, 3.8) is 0 Å². The number of amidine groups is 1. The van der Waals surface area contributed by atoms with Crippen LogP contribution in [-0.4, -0.2) is 5.84 Å². The highest BCUT2D eigenvalue weighted by atomic mass is 35.5. The smallest absolute Gasteiger partial charge is 0.126 e. The minimum Gasteiger partial charge on any atom is -0.398 e. The van der Waals surface area contributed by atoms with E-state index in [4.69, 9.17) is 23.1 Å². The van der Waals surface area contributed by atoms with Crippen LogP contribution < -0.4 is 11.5 Å². The molecular formula is C8H8ClN3. The summed E-state index contributed by atoms with van der Waals surface area (Å²) in [5.74, 6) is 0.548. The number of fused-ring (bicyclic) bond motifs is 1. The molecule has 0 aromatic heterocycles. The van der Waals surface area contributed by atoms with Crippen molar-refractivity contribution >= 4 is 23.1 Å². The van der Waals surface area contributed by atoms with E-state index in [1.807, 2.05) is 6.07 Å². The molecule has 0 atom stereocenters. The van der Waals surface area contributed by atoms with Gasteiger partial charge in [0, 0.05) is 11.1 Å². The molecule has 0 unspecified atom stereocenters. The fourth-order valence-corrected chi connectivity index (χ4v) is 1.51. The number of aliphatic imine (C=N–C) groups is 1. The van der Waals surface area contributed by atoms with Crippen LogP contribution in [0.25, 0.3) is 0 Å². The van der Waals surface area contributed by atoms with Gasteiger partial charge < -0.3 is 11.5 Å². The maximum atomic E-state index is 5.95. The Hall–Kier alpha value is -1.22. The molecule has 0 saturated heterocycles. The third-order valence-corrected chi connectivity index (χ3v) is 2.40. The molecule has 0 amide bonds. The zero-order valence-corrected chi connectivity index (χ0v) is 7.10. The Morgan fingerprint density at radius 2 is 2.08 bits per heavy atom. The third kappa shape index (κ3) is 0.865. The van der Waals surface area contributed by atoms with Gasteiger partial charge in [-0.05, 0) is 12.1 Å². The molecular weight excluding hydrogens is 174 g/mol. The van der Waals surface area contributed by atoms with Gasteiger partial charge in [0.2, 0.25) is 0 Å². The van der Waals surface area contributed by atoms with E-state index in [9.17, 15) is 0 Å². The number of nitrogens with zero attached hydrogens (tertiary/aromatic N) is 1. The molecule has 1 aliphatic rings. The molecule has 1 aromatic carbocycles. The molecule has 12 heavy (non-hydrogen) atoms. The zero-order chi connectivity index (χ0) is 8.72. The molecule has 0 fully saturated rings. The molecule has 0 saturated carbocycles. The van der Waals surface area contributed by atoms with Gasteiger partial charge in [-0.2, -0.15) is 0 Å². The van der Waals surface area contributed by atoms with E-state index in [0.29, 0.717) is 23.1 Å². The monoisotopic (exact) mass is 181 g/mol. The van der Waals surface area contributed by atoms with E-state index in [1.165, 1.54) is 0 Å². The van der Waals surface area contributed by atoms with Crippen molar-refractivity contribution in [2.24, 2.45) is 10.7 Å². The third-order valence-electron chi connectivity index (χ3n) is 1.96. The van der Waals surface area contributed by atoms with E-state index in [0.717, 1.165) is 11.1 Å². The lowest BCUT2D eigenvalue weighted by Gasteiger charge is -2.03. The number of nitrogen functional groups attached to an aromatic ring is 1. The summed E-state index contributed by atoms with van der Waals surface area (Å²) in [4.78, 5) is 4.06. The van der Waals surface area contributed by atoms with Crippen LogP contribution in [0.1, 0.15) is 11.1 Å². The van der Waals surface area contributed by atoms with Crippen molar-refractivity contribution in [3.05, 3.63) is 28.3 Å². The molecule has 1 aromatic rings. The summed E-state index contributed by atoms with van der Waals surface area (Å²) in [5, 5.41) is 0.580. The lowest BCUT2D eigenvalue weighted by molar-refractivity contribution is 1.11. The van der Waals surface area contributed by atoms with Crippen LogP contribution in [0.2, 0.25) is 5.02 Å². The molecule has 0 aliphatic carbocycles. The Morgan fingerprint density at radius 1 is 1.33 bits per heavy atom. The first-order valence-corrected chi connectivity index (χ1v) is 3.95. The SMILES string of the molecule is NC1=NCc2c1ccc(N)c2Cl. The Kier molecular flexibility index (Phi) is 1.48. The highest BCUT2D eigenvalue weighted by Crippen LogP contribution is 2.30. The molecule has 1 aliphatic heterocycles. The summed E-state index contributed by atoms with van der Waals surface area (Å²) < 4.78 is 0. The Morgan fingerprint density at radius 3 is 2.83 bits per heavy atom. The predicted molar refractivity (Wildman–Crippen MR) is 50.3 cm³/mol. The van der Waals surface area contributed by atoms with Gasteiger partial charge in [-0.1, -0.05) is 11.6 Å². The van der Waals surface area contributed by atoms with Crippen molar-refractivity contribution in [1.29, 1.82) is 0 Å². The summed E-state index contributed by atoms with van der Waals surface area (Å²) in [6.07, 6.45) is 0. The number of benzene rings is 1. The summed E-state index contributed by atoms with van der Waals surface area (Å²) in [5.41, 5.74) is 13.7. The van der Waals surface area contributed by atoms with Crippen LogP contribution in [0, 0.1) is 0 Å². The second kappa shape index (κ2) is 2.38. The average molecular weight is 182 g/mol. The average Bonchev–Trinajstić information content (AvgIpc) is 2.41. The van der Waals surface area contributed by atoms with Gasteiger partial charge in [0.15, 0.2) is 0 Å². The Labute approximate surface area is 75.0 Å². The van der Waals surface area contributed by atoms with Crippen LogP contribution in [0.3, 0.4) is 0 Å². The lowest BCUT2D eigenvalue weighted by Crippen LogP contribution is -2.10. The van der Waals surface area contributed by atoms with E-state index in [1.54, 1.807) is 6.07 Å². The van der Waals surface area contributed by atoms with Crippen LogP contribution in [0.4, 0.5) is 5.69 Å². The fourth-order valence-electron chi connectivity index (χ4n) is 1.28. The molecule has 4 N–H and O–H groups in total. The number of nitrogens with two attached hydrogens (primary N) is 2. The predicted octanol–water partition coefficient (Wildman–Crippen LogP) is 1.14. The topological polar surface area (TPSA) is 64.4 Å². The van der Waals surface area contributed by atoms with Crippen molar-refractivity contribution < 1.29 is 0 Å². The summed E-state index contributed by atoms with van der Waals surface area (Å²) >= 11 is 5.95. The number of rotatable bonds is 0. The molecule has 2 rings (SSSR count). The summed E-state index contributed by atoms with van der Waals surface area (Å²) in [6, 6.07) is 3.59. The normalized spacial score (nSPS) is 14.2. The second-order valence-electron chi connectivity index (χ2n) is 2.70. The van der Waals surface area contributed by atoms with Gasteiger partial charge in [-0.25, -0.2) is 0 Å². The zero-order valence-electron chi connectivity index (χ0n) is 6.34. The number of hydrogen-bond acceptors (Lipinski definition) is 3. The van der Waals surface area contributed by atoms with E-state index >= 15 is 0 Å². The molecule has 3 nitrogen and oxygen atoms in total. The van der Waals surface area contributed by atoms with Gasteiger partial charge in [0.05, 0.1) is 17.3 Å². The molecule has 0 bridgehead atoms. The molecule has 62 valence electrons. The fraction of sp³-hybridized carbons (Fsp3) is 0.125. The Bertz CT molecular complexity index is 371. The second-order valence-corrected chi connectivity index (χ2v) is 3.07. The Balaban J connectivity index is 2.66. The van der Waals surface area contributed by atoms with Crippen LogP contribution in [0.5, 0.6) is 0 Å². The van der Waals surface area contributed by atoms with Gasteiger partial charge in [0.25, 0.3) is 0 Å². The van der Waals surface area contributed by atoms with Gasteiger partial charge in [0.1, 0.15) is 5.84 Å². The van der Waals surface area contributed by atoms with Crippen LogP contribution >= 0.6 is 11.6 Å². The van der Waals surface area contributed by atoms with Gasteiger partial charge >= 0.3 is 0 Å². The number of hydrogen-bond donors (Lipinski definition) is 2. The minimum atomic E-state index is 0.547. The molecule has 1 heterocycles. The lowest BCUT2D eigenvalue weighted by atomic mass is 10.1. The number of anilines is 1. The first-order valence-electron chi connectivity index (χ1n) is 3.57. The van der Waals surface area contributed by atoms with Gasteiger partial charge in [-0.3, -0.25) is 4.99 Å². The van der Waals surface area contributed by atoms with Crippen LogP contribution in [-0.2, 0) is 6.54 Å². The minimum absolute atomic E-state index is 0.547. The van der Waals surface area contributed by atoms with Crippen LogP contribution in [0.15, 0.2) is 17.1 Å². The summed E-state index contributed by atoms with van der Waals surface area (Å²) in [6.45, 7) is 0.547. The highest BCUT2D eigenvalue weighted by molar-refractivity contribution is 6.34. The largest absolute Gasteiger partial charge is 0.398 e. The number of halogens is 1. The highest BCUT2D eigenvalue weighted by Gasteiger charge is 2.16. The van der Waals surface area contributed by atoms with Crippen molar-refractivity contribution in [3.8, 4) is 0 Å². The van der Waals surface area contributed by atoms with Crippen molar-refractivity contribution in [2.45, 2.75) is 6.54 Å². The standard InChI is InChI=1S/C8H8ClN3/c9-7-5-3-12-8(11)4(5)1-2-6(7)10/h1-2H,3,10H2,(H2,11,12). The maximum absolute atomic E-state index is 5.95. The van der Waals surface area contributed by atoms with Crippen molar-refractivity contribution in [1.82, 2.24) is 0 Å². The molecule has 0 radical (unpaired) electrons. The molecule has 0 spiro atoms. The molecule has 4 heteroatoms.